The van der Waals surface area contributed by atoms with Gasteiger partial charge in [-0.2, -0.15) is 0 Å². The number of ether oxygens (including phenoxy) is 1. The minimum absolute atomic E-state index is 0.0952. The van der Waals surface area contributed by atoms with E-state index in [4.69, 9.17) is 9.84 Å². The van der Waals surface area contributed by atoms with Crippen LogP contribution in [-0.2, 0) is 0 Å². The molecule has 1 heterocycles. The second-order valence-corrected chi connectivity index (χ2v) is 3.65. The van der Waals surface area contributed by atoms with Crippen molar-refractivity contribution in [3.63, 3.8) is 0 Å². The summed E-state index contributed by atoms with van der Waals surface area (Å²) < 4.78 is 5.47. The van der Waals surface area contributed by atoms with E-state index in [2.05, 4.69) is 15.3 Å². The number of carboxylic acids is 1. The Morgan fingerprint density at radius 3 is 2.68 bits per heavy atom. The molecule has 1 aromatic heterocycles. The highest BCUT2D eigenvalue weighted by Gasteiger charge is 2.11. The van der Waals surface area contributed by atoms with Crippen molar-refractivity contribution >= 4 is 11.8 Å². The molecule has 98 valence electrons. The molecule has 0 radical (unpaired) electrons. The molecule has 0 spiro atoms. The second kappa shape index (κ2) is 6.34. The normalized spacial score (nSPS) is 9.89. The summed E-state index contributed by atoms with van der Waals surface area (Å²) in [6.45, 7) is 0.841. The van der Waals surface area contributed by atoms with Gasteiger partial charge in [-0.25, -0.2) is 14.8 Å². The van der Waals surface area contributed by atoms with Crippen molar-refractivity contribution in [2.75, 3.05) is 18.5 Å². The summed E-state index contributed by atoms with van der Waals surface area (Å²) in [5, 5.41) is 11.8. The number of carbonyl (C=O) groups is 1. The number of hydrogen-bond donors (Lipinski definition) is 2. The number of aromatic nitrogens is 2. The predicted octanol–water partition coefficient (Wildman–Crippen LogP) is 1.67. The molecule has 2 aromatic rings. The van der Waals surface area contributed by atoms with Crippen LogP contribution in [0, 0.1) is 0 Å². The Kier molecular flexibility index (Phi) is 4.28. The molecule has 2 rings (SSSR count). The van der Waals surface area contributed by atoms with Crippen LogP contribution in [0.25, 0.3) is 0 Å². The van der Waals surface area contributed by atoms with Gasteiger partial charge in [0, 0.05) is 12.4 Å². The zero-order valence-electron chi connectivity index (χ0n) is 10.1. The summed E-state index contributed by atoms with van der Waals surface area (Å²) in [5.74, 6) is -0.104. The molecule has 1 aromatic carbocycles. The van der Waals surface area contributed by atoms with E-state index in [0.717, 1.165) is 5.75 Å². The number of hydrogen-bond acceptors (Lipinski definition) is 5. The van der Waals surface area contributed by atoms with E-state index in [-0.39, 0.29) is 11.5 Å². The van der Waals surface area contributed by atoms with Crippen molar-refractivity contribution in [2.24, 2.45) is 0 Å². The van der Waals surface area contributed by atoms with Gasteiger partial charge in [0.05, 0.1) is 6.54 Å². The van der Waals surface area contributed by atoms with Crippen molar-refractivity contribution in [1.29, 1.82) is 0 Å². The molecule has 0 unspecified atom stereocenters. The first-order valence-corrected chi connectivity index (χ1v) is 5.73. The molecule has 0 atom stereocenters. The van der Waals surface area contributed by atoms with E-state index in [1.54, 1.807) is 0 Å². The van der Waals surface area contributed by atoms with Gasteiger partial charge in [-0.1, -0.05) is 18.2 Å². The van der Waals surface area contributed by atoms with Crippen LogP contribution in [0.3, 0.4) is 0 Å². The zero-order chi connectivity index (χ0) is 13.5. The largest absolute Gasteiger partial charge is 0.492 e. The Morgan fingerprint density at radius 2 is 1.95 bits per heavy atom. The number of para-hydroxylation sites is 1. The van der Waals surface area contributed by atoms with Gasteiger partial charge in [0.2, 0.25) is 0 Å². The maximum absolute atomic E-state index is 10.9. The third-order valence-corrected chi connectivity index (χ3v) is 2.31. The van der Waals surface area contributed by atoms with E-state index in [1.807, 2.05) is 30.3 Å². The molecule has 0 bridgehead atoms. The molecule has 0 saturated carbocycles. The standard InChI is InChI=1S/C13H13N3O3/c17-13(18)11-12(15-7-6-14-11)16-8-9-19-10-4-2-1-3-5-10/h1-7H,8-9H2,(H,15,16)(H,17,18). The molecule has 0 saturated heterocycles. The average molecular weight is 259 g/mol. The van der Waals surface area contributed by atoms with Gasteiger partial charge in [0.1, 0.15) is 12.4 Å². The topological polar surface area (TPSA) is 84.3 Å². The molecule has 0 aliphatic rings. The average Bonchev–Trinajstić information content (AvgIpc) is 2.45. The summed E-state index contributed by atoms with van der Waals surface area (Å²) in [6, 6.07) is 9.38. The maximum atomic E-state index is 10.9. The Bertz CT molecular complexity index is 546. The number of nitrogens with one attached hydrogen (secondary N) is 1. The third kappa shape index (κ3) is 3.67. The lowest BCUT2D eigenvalue weighted by Gasteiger charge is -2.08. The quantitative estimate of drug-likeness (QED) is 0.767. The fraction of sp³-hybridized carbons (Fsp3) is 0.154. The van der Waals surface area contributed by atoms with Crippen LogP contribution >= 0.6 is 0 Å². The van der Waals surface area contributed by atoms with Crippen LogP contribution in [0.5, 0.6) is 5.75 Å². The first-order chi connectivity index (χ1) is 9.27. The Balaban J connectivity index is 1.85. The number of carboxylic acid groups (broad SMARTS) is 1. The van der Waals surface area contributed by atoms with Crippen LogP contribution in [0.2, 0.25) is 0 Å². The van der Waals surface area contributed by atoms with E-state index >= 15 is 0 Å². The van der Waals surface area contributed by atoms with Crippen LogP contribution in [-0.4, -0.2) is 34.2 Å². The van der Waals surface area contributed by atoms with Crippen LogP contribution in [0.15, 0.2) is 42.7 Å². The lowest BCUT2D eigenvalue weighted by molar-refractivity contribution is 0.0691. The molecule has 0 amide bonds. The molecular formula is C13H13N3O3. The molecule has 2 N–H and O–H groups in total. The Hall–Kier alpha value is -2.63. The molecule has 0 fully saturated rings. The monoisotopic (exact) mass is 259 g/mol. The van der Waals surface area contributed by atoms with Crippen molar-refractivity contribution in [3.8, 4) is 5.75 Å². The van der Waals surface area contributed by atoms with E-state index in [1.165, 1.54) is 12.4 Å². The van der Waals surface area contributed by atoms with Gasteiger partial charge in [-0.05, 0) is 12.1 Å². The number of benzene rings is 1. The number of nitrogens with zero attached hydrogens (tertiary/aromatic N) is 2. The molecule has 6 heteroatoms. The maximum Gasteiger partial charge on any atom is 0.358 e. The minimum Gasteiger partial charge on any atom is -0.492 e. The van der Waals surface area contributed by atoms with Crippen LogP contribution in [0.1, 0.15) is 10.5 Å². The van der Waals surface area contributed by atoms with Crippen molar-refractivity contribution < 1.29 is 14.6 Å². The molecular weight excluding hydrogens is 246 g/mol. The van der Waals surface area contributed by atoms with Gasteiger partial charge in [0.15, 0.2) is 11.5 Å². The smallest absolute Gasteiger partial charge is 0.358 e. The Morgan fingerprint density at radius 1 is 1.21 bits per heavy atom. The van der Waals surface area contributed by atoms with E-state index < -0.39 is 5.97 Å². The summed E-state index contributed by atoms with van der Waals surface area (Å²) in [4.78, 5) is 18.6. The lowest BCUT2D eigenvalue weighted by Crippen LogP contribution is -2.15. The van der Waals surface area contributed by atoms with Gasteiger partial charge in [0.25, 0.3) is 0 Å². The molecule has 0 aliphatic heterocycles. The van der Waals surface area contributed by atoms with E-state index in [9.17, 15) is 4.79 Å². The summed E-state index contributed by atoms with van der Waals surface area (Å²) in [6.07, 6.45) is 2.78. The summed E-state index contributed by atoms with van der Waals surface area (Å²) in [5.41, 5.74) is -0.0952. The first-order valence-electron chi connectivity index (χ1n) is 5.73. The van der Waals surface area contributed by atoms with Gasteiger partial charge in [-0.3, -0.25) is 0 Å². The van der Waals surface area contributed by atoms with Crippen LogP contribution < -0.4 is 10.1 Å². The van der Waals surface area contributed by atoms with Gasteiger partial charge in [-0.15, -0.1) is 0 Å². The number of rotatable bonds is 6. The van der Waals surface area contributed by atoms with Gasteiger partial charge >= 0.3 is 5.97 Å². The van der Waals surface area contributed by atoms with Crippen molar-refractivity contribution in [3.05, 3.63) is 48.4 Å². The molecule has 6 nitrogen and oxygen atoms in total. The zero-order valence-corrected chi connectivity index (χ0v) is 10.1. The highest BCUT2D eigenvalue weighted by Crippen LogP contribution is 2.09. The number of aromatic carboxylic acids is 1. The van der Waals surface area contributed by atoms with Gasteiger partial charge < -0.3 is 15.2 Å². The first kappa shape index (κ1) is 12.8. The summed E-state index contributed by atoms with van der Waals surface area (Å²) in [7, 11) is 0. The molecule has 0 aliphatic carbocycles. The minimum atomic E-state index is -1.11. The highest BCUT2D eigenvalue weighted by atomic mass is 16.5. The van der Waals surface area contributed by atoms with Crippen molar-refractivity contribution in [1.82, 2.24) is 9.97 Å². The predicted molar refractivity (Wildman–Crippen MR) is 69.4 cm³/mol. The second-order valence-electron chi connectivity index (χ2n) is 3.65. The fourth-order valence-corrected chi connectivity index (χ4v) is 1.48. The summed E-state index contributed by atoms with van der Waals surface area (Å²) >= 11 is 0. The van der Waals surface area contributed by atoms with Crippen LogP contribution in [0.4, 0.5) is 5.82 Å². The van der Waals surface area contributed by atoms with E-state index in [0.29, 0.717) is 13.2 Å². The van der Waals surface area contributed by atoms with Crippen molar-refractivity contribution in [2.45, 2.75) is 0 Å². The number of anilines is 1. The lowest BCUT2D eigenvalue weighted by atomic mass is 10.3. The SMILES string of the molecule is O=C(O)c1nccnc1NCCOc1ccccc1. The fourth-order valence-electron chi connectivity index (χ4n) is 1.48. The molecule has 19 heavy (non-hydrogen) atoms. The third-order valence-electron chi connectivity index (χ3n) is 2.31. The highest BCUT2D eigenvalue weighted by molar-refractivity contribution is 5.90. The Labute approximate surface area is 110 Å².